The van der Waals surface area contributed by atoms with E-state index in [-0.39, 0.29) is 17.4 Å². The lowest BCUT2D eigenvalue weighted by Gasteiger charge is -2.22. The number of ether oxygens (including phenoxy) is 4. The van der Waals surface area contributed by atoms with E-state index in [0.29, 0.717) is 43.4 Å². The zero-order valence-corrected chi connectivity index (χ0v) is 16.8. The highest BCUT2D eigenvalue weighted by atomic mass is 19.3. The average molecular weight is 419 g/mol. The van der Waals surface area contributed by atoms with Gasteiger partial charge in [-0.15, -0.1) is 0 Å². The Morgan fingerprint density at radius 1 is 1.20 bits per heavy atom. The minimum atomic E-state index is -3.01. The lowest BCUT2D eigenvalue weighted by molar-refractivity contribution is -0.126. The van der Waals surface area contributed by atoms with Crippen LogP contribution in [0, 0.1) is 0 Å². The number of para-hydroxylation sites is 1. The maximum Gasteiger partial charge on any atom is 0.387 e. The van der Waals surface area contributed by atoms with Gasteiger partial charge in [0, 0.05) is 24.7 Å². The third-order valence-corrected chi connectivity index (χ3v) is 4.52. The predicted molar refractivity (Wildman–Crippen MR) is 107 cm³/mol. The van der Waals surface area contributed by atoms with E-state index in [1.165, 1.54) is 25.3 Å². The van der Waals surface area contributed by atoms with Gasteiger partial charge >= 0.3 is 6.61 Å². The molecular weight excluding hydrogens is 396 g/mol. The van der Waals surface area contributed by atoms with Gasteiger partial charge in [0.2, 0.25) is 5.91 Å². The fraction of sp³-hybridized carbons (Fsp3) is 0.318. The maximum absolute atomic E-state index is 12.8. The summed E-state index contributed by atoms with van der Waals surface area (Å²) in [6, 6.07) is 10.3. The number of carbonyl (C=O) groups is 1. The van der Waals surface area contributed by atoms with Gasteiger partial charge < -0.3 is 23.8 Å². The summed E-state index contributed by atoms with van der Waals surface area (Å²) in [5.41, 5.74) is 1.21. The van der Waals surface area contributed by atoms with E-state index < -0.39 is 6.61 Å². The minimum absolute atomic E-state index is 0.117. The van der Waals surface area contributed by atoms with Gasteiger partial charge in [-0.3, -0.25) is 4.79 Å². The largest absolute Gasteiger partial charge is 0.493 e. The van der Waals surface area contributed by atoms with Crippen molar-refractivity contribution in [3.8, 4) is 23.0 Å². The van der Waals surface area contributed by atoms with Gasteiger partial charge in [0.1, 0.15) is 13.2 Å². The van der Waals surface area contributed by atoms with Crippen molar-refractivity contribution in [2.75, 3.05) is 26.9 Å². The van der Waals surface area contributed by atoms with Crippen LogP contribution in [0.15, 0.2) is 42.5 Å². The first kappa shape index (κ1) is 21.4. The van der Waals surface area contributed by atoms with Gasteiger partial charge in [-0.1, -0.05) is 18.2 Å². The molecule has 8 heteroatoms. The Hall–Kier alpha value is -3.29. The first-order valence-corrected chi connectivity index (χ1v) is 9.49. The summed E-state index contributed by atoms with van der Waals surface area (Å²) >= 11 is 0. The number of amides is 1. The van der Waals surface area contributed by atoms with E-state index in [0.717, 1.165) is 5.56 Å². The van der Waals surface area contributed by atoms with Crippen molar-refractivity contribution >= 4 is 12.0 Å². The van der Waals surface area contributed by atoms with Gasteiger partial charge in [-0.25, -0.2) is 0 Å². The zero-order valence-electron chi connectivity index (χ0n) is 16.8. The van der Waals surface area contributed by atoms with Gasteiger partial charge in [0.25, 0.3) is 0 Å². The summed E-state index contributed by atoms with van der Waals surface area (Å²) < 4.78 is 46.3. The summed E-state index contributed by atoms with van der Waals surface area (Å²) in [6.07, 6.45) is 2.77. The number of fused-ring (bicyclic) bond motifs is 1. The van der Waals surface area contributed by atoms with Crippen LogP contribution in [0.4, 0.5) is 8.78 Å². The number of alkyl halides is 2. The monoisotopic (exact) mass is 419 g/mol. The van der Waals surface area contributed by atoms with E-state index in [9.17, 15) is 13.6 Å². The first-order chi connectivity index (χ1) is 14.5. The minimum Gasteiger partial charge on any atom is -0.493 e. The molecule has 3 rings (SSSR count). The number of methoxy groups -OCH3 is 1. The number of likely N-dealkylation sites (N-methyl/N-ethyl adjacent to an activating group) is 1. The molecule has 2 aromatic carbocycles. The Balaban J connectivity index is 1.75. The van der Waals surface area contributed by atoms with Crippen LogP contribution in [0.2, 0.25) is 0 Å². The van der Waals surface area contributed by atoms with Crippen LogP contribution in [0.1, 0.15) is 18.1 Å². The van der Waals surface area contributed by atoms with E-state index in [1.54, 1.807) is 17.0 Å². The molecule has 1 amide bonds. The highest BCUT2D eigenvalue weighted by Crippen LogP contribution is 2.33. The fourth-order valence-corrected chi connectivity index (χ4v) is 3.06. The van der Waals surface area contributed by atoms with Gasteiger partial charge in [0.05, 0.1) is 7.11 Å². The normalized spacial score (nSPS) is 12.8. The molecule has 0 aliphatic carbocycles. The number of halogens is 2. The van der Waals surface area contributed by atoms with Crippen molar-refractivity contribution < 1.29 is 32.5 Å². The van der Waals surface area contributed by atoms with Crippen molar-refractivity contribution in [3.63, 3.8) is 0 Å². The van der Waals surface area contributed by atoms with Crippen LogP contribution in [0.25, 0.3) is 6.08 Å². The molecule has 0 atom stereocenters. The molecule has 160 valence electrons. The lowest BCUT2D eigenvalue weighted by Crippen LogP contribution is -2.28. The Kier molecular flexibility index (Phi) is 7.11. The fourth-order valence-electron chi connectivity index (χ4n) is 3.06. The Morgan fingerprint density at radius 2 is 1.97 bits per heavy atom. The average Bonchev–Trinajstić information content (AvgIpc) is 2.76. The molecule has 1 aliphatic rings. The molecule has 0 aromatic heterocycles. The Labute approximate surface area is 173 Å². The molecule has 2 aromatic rings. The van der Waals surface area contributed by atoms with Crippen LogP contribution < -0.4 is 18.9 Å². The predicted octanol–water partition coefficient (Wildman–Crippen LogP) is 4.13. The number of carbonyl (C=O) groups excluding carboxylic acids is 1. The quantitative estimate of drug-likeness (QED) is 0.603. The van der Waals surface area contributed by atoms with Gasteiger partial charge in [-0.05, 0) is 36.8 Å². The molecule has 0 fully saturated rings. The van der Waals surface area contributed by atoms with Crippen LogP contribution in [-0.2, 0) is 11.3 Å². The number of hydrogen-bond acceptors (Lipinski definition) is 5. The van der Waals surface area contributed by atoms with E-state index in [2.05, 4.69) is 4.74 Å². The van der Waals surface area contributed by atoms with Crippen molar-refractivity contribution in [3.05, 3.63) is 53.6 Å². The van der Waals surface area contributed by atoms with E-state index in [1.807, 2.05) is 25.1 Å². The molecule has 0 radical (unpaired) electrons. The molecule has 0 N–H and O–H groups in total. The smallest absolute Gasteiger partial charge is 0.387 e. The van der Waals surface area contributed by atoms with Crippen molar-refractivity contribution in [1.29, 1.82) is 0 Å². The number of nitrogens with zero attached hydrogens (tertiary/aromatic N) is 1. The highest BCUT2D eigenvalue weighted by molar-refractivity contribution is 5.92. The highest BCUT2D eigenvalue weighted by Gasteiger charge is 2.16. The second-order valence-electron chi connectivity index (χ2n) is 6.42. The number of rotatable bonds is 8. The summed E-state index contributed by atoms with van der Waals surface area (Å²) in [4.78, 5) is 14.3. The Morgan fingerprint density at radius 3 is 2.67 bits per heavy atom. The van der Waals surface area contributed by atoms with Crippen LogP contribution in [-0.4, -0.2) is 44.3 Å². The standard InChI is InChI=1S/C22H23F2NO5/c1-3-25(14-15-7-9-17-19(13-15)29-12-11-28-17)20(26)10-8-16-5-4-6-18(27-2)21(16)30-22(23)24/h4-10,13,22H,3,11-12,14H2,1-2H3. The van der Waals surface area contributed by atoms with Crippen molar-refractivity contribution in [1.82, 2.24) is 4.90 Å². The summed E-state index contributed by atoms with van der Waals surface area (Å²) in [5.74, 6) is 1.12. The molecule has 1 aliphatic heterocycles. The summed E-state index contributed by atoms with van der Waals surface area (Å²) in [5, 5.41) is 0. The Bertz CT molecular complexity index is 916. The molecule has 0 saturated carbocycles. The second kappa shape index (κ2) is 9.96. The van der Waals surface area contributed by atoms with Gasteiger partial charge in [0.15, 0.2) is 23.0 Å². The van der Waals surface area contributed by atoms with Crippen molar-refractivity contribution in [2.45, 2.75) is 20.1 Å². The molecule has 30 heavy (non-hydrogen) atoms. The molecule has 0 saturated heterocycles. The molecule has 6 nitrogen and oxygen atoms in total. The van der Waals surface area contributed by atoms with E-state index in [4.69, 9.17) is 14.2 Å². The summed E-state index contributed by atoms with van der Waals surface area (Å²) in [6.45, 7) is 0.690. The number of benzene rings is 2. The van der Waals surface area contributed by atoms with Crippen molar-refractivity contribution in [2.24, 2.45) is 0 Å². The molecule has 1 heterocycles. The SMILES string of the molecule is CCN(Cc1ccc2c(c1)OCCO2)C(=O)C=Cc1cccc(OC)c1OC(F)F. The maximum atomic E-state index is 12.8. The molecule has 0 bridgehead atoms. The molecular formula is C22H23F2NO5. The van der Waals surface area contributed by atoms with Gasteiger partial charge in [-0.2, -0.15) is 8.78 Å². The second-order valence-corrected chi connectivity index (χ2v) is 6.42. The third kappa shape index (κ3) is 5.20. The zero-order chi connectivity index (χ0) is 21.5. The molecule has 0 spiro atoms. The van der Waals surface area contributed by atoms with Crippen LogP contribution >= 0.6 is 0 Å². The van der Waals surface area contributed by atoms with E-state index >= 15 is 0 Å². The summed E-state index contributed by atoms with van der Waals surface area (Å²) in [7, 11) is 1.36. The molecule has 0 unspecified atom stereocenters. The topological polar surface area (TPSA) is 57.2 Å². The lowest BCUT2D eigenvalue weighted by atomic mass is 10.1. The van der Waals surface area contributed by atoms with Crippen LogP contribution in [0.5, 0.6) is 23.0 Å². The number of hydrogen-bond donors (Lipinski definition) is 0. The van der Waals surface area contributed by atoms with Crippen LogP contribution in [0.3, 0.4) is 0 Å². The first-order valence-electron chi connectivity index (χ1n) is 9.49. The third-order valence-electron chi connectivity index (χ3n) is 4.52.